The van der Waals surface area contributed by atoms with E-state index in [4.69, 9.17) is 22.5 Å². The van der Waals surface area contributed by atoms with E-state index in [0.717, 1.165) is 32.7 Å². The van der Waals surface area contributed by atoms with E-state index in [1.807, 2.05) is 72.8 Å². The molecular weight excluding hydrogens is 405 g/mol. The van der Waals surface area contributed by atoms with Crippen molar-refractivity contribution in [3.63, 3.8) is 0 Å². The van der Waals surface area contributed by atoms with Gasteiger partial charge < -0.3 is 9.79 Å². The summed E-state index contributed by atoms with van der Waals surface area (Å²) in [6.45, 7) is 0. The van der Waals surface area contributed by atoms with Crippen LogP contribution in [-0.4, -0.2) is 9.79 Å². The first-order chi connectivity index (χ1) is 12.6. The molecule has 0 radical (unpaired) electrons. The normalized spacial score (nSPS) is 13.8. The zero-order valence-electron chi connectivity index (χ0n) is 13.5. The van der Waals surface area contributed by atoms with Crippen molar-refractivity contribution >= 4 is 69.6 Å². The van der Waals surface area contributed by atoms with E-state index in [0.29, 0.717) is 10.6 Å². The number of hydrogen-bond acceptors (Lipinski definition) is 2. The summed E-state index contributed by atoms with van der Waals surface area (Å²) >= 11 is 12.3. The van der Waals surface area contributed by atoms with Gasteiger partial charge in [-0.15, -0.1) is 0 Å². The van der Waals surface area contributed by atoms with Crippen LogP contribution in [0.4, 0.5) is 0 Å². The number of hydrogen-bond donors (Lipinski definition) is 2. The Morgan fingerprint density at radius 3 is 1.31 bits per heavy atom. The quantitative estimate of drug-likeness (QED) is 0.400. The Bertz CT molecular complexity index is 1020. The third kappa shape index (κ3) is 3.12. The van der Waals surface area contributed by atoms with Crippen LogP contribution >= 0.6 is 37.5 Å². The maximum absolute atomic E-state index is 10.3. The third-order valence-electron chi connectivity index (χ3n) is 4.46. The van der Waals surface area contributed by atoms with E-state index in [-0.39, 0.29) is 0 Å². The first-order valence-corrected chi connectivity index (χ1v) is 12.3. The molecule has 2 atom stereocenters. The lowest BCUT2D eigenvalue weighted by atomic mass is 9.94. The second-order valence-electron chi connectivity index (χ2n) is 5.88. The minimum atomic E-state index is -1.85. The molecule has 0 bridgehead atoms. The smallest absolute Gasteiger partial charge is 0.155 e. The first-order valence-electron chi connectivity index (χ1n) is 7.91. The van der Waals surface area contributed by atoms with Gasteiger partial charge in [0.1, 0.15) is 0 Å². The highest BCUT2D eigenvalue weighted by Crippen LogP contribution is 2.46. The summed E-state index contributed by atoms with van der Waals surface area (Å²) in [5.41, 5.74) is 1.67. The van der Waals surface area contributed by atoms with Crippen LogP contribution in [0, 0.1) is 0 Å². The number of halogens is 2. The Labute approximate surface area is 163 Å². The lowest BCUT2D eigenvalue weighted by Gasteiger charge is -2.19. The molecule has 0 spiro atoms. The molecule has 0 aromatic heterocycles. The molecule has 130 valence electrons. The van der Waals surface area contributed by atoms with Gasteiger partial charge in [0.2, 0.25) is 0 Å². The van der Waals surface area contributed by atoms with E-state index < -0.39 is 15.0 Å². The maximum Gasteiger partial charge on any atom is 0.155 e. The Kier molecular flexibility index (Phi) is 5.17. The van der Waals surface area contributed by atoms with Crippen molar-refractivity contribution in [2.75, 3.05) is 0 Å². The Morgan fingerprint density at radius 2 is 0.923 bits per heavy atom. The molecule has 4 aromatic rings. The van der Waals surface area contributed by atoms with Gasteiger partial charge in [-0.1, -0.05) is 83.1 Å². The van der Waals surface area contributed by atoms with Crippen molar-refractivity contribution in [2.45, 2.75) is 0 Å². The van der Waals surface area contributed by atoms with Crippen molar-refractivity contribution in [1.82, 2.24) is 0 Å². The molecule has 0 saturated heterocycles. The number of benzene rings is 4. The fourth-order valence-corrected chi connectivity index (χ4v) is 5.43. The van der Waals surface area contributed by atoms with Gasteiger partial charge in [-0.25, -0.2) is 0 Å². The zero-order valence-corrected chi connectivity index (χ0v) is 16.8. The summed E-state index contributed by atoms with van der Waals surface area (Å²) in [6, 6.07) is 23.5. The molecule has 0 aliphatic rings. The van der Waals surface area contributed by atoms with Crippen LogP contribution in [0.15, 0.2) is 72.8 Å². The maximum atomic E-state index is 10.3. The molecular formula is C20H14Cl2O2P2. The molecule has 0 unspecified atom stereocenters. The van der Waals surface area contributed by atoms with Gasteiger partial charge in [-0.05, 0) is 33.7 Å². The van der Waals surface area contributed by atoms with Gasteiger partial charge in [-0.2, -0.15) is 0 Å². The molecule has 0 heterocycles. The number of rotatable bonds is 3. The average Bonchev–Trinajstić information content (AvgIpc) is 2.66. The molecule has 0 aliphatic heterocycles. The van der Waals surface area contributed by atoms with Crippen molar-refractivity contribution in [2.24, 2.45) is 0 Å². The summed E-state index contributed by atoms with van der Waals surface area (Å²) in [5.74, 6) is 0. The average molecular weight is 419 g/mol. The molecule has 4 aromatic carbocycles. The monoisotopic (exact) mass is 418 g/mol. The third-order valence-corrected chi connectivity index (χ3v) is 7.09. The minimum absolute atomic E-state index is 0.659. The second-order valence-corrected chi connectivity index (χ2v) is 9.81. The highest BCUT2D eigenvalue weighted by molar-refractivity contribution is 7.86. The van der Waals surface area contributed by atoms with Crippen LogP contribution in [0.3, 0.4) is 0 Å². The van der Waals surface area contributed by atoms with Gasteiger partial charge in [0, 0.05) is 21.7 Å². The summed E-state index contributed by atoms with van der Waals surface area (Å²) in [5, 5.41) is 5.33. The molecule has 0 saturated carbocycles. The first kappa shape index (κ1) is 18.1. The summed E-state index contributed by atoms with van der Waals surface area (Å²) in [6.07, 6.45) is 0. The topological polar surface area (TPSA) is 40.5 Å². The van der Waals surface area contributed by atoms with Crippen LogP contribution in [0.2, 0.25) is 0 Å². The van der Waals surface area contributed by atoms with Crippen molar-refractivity contribution < 1.29 is 9.79 Å². The molecule has 2 N–H and O–H groups in total. The van der Waals surface area contributed by atoms with Crippen molar-refractivity contribution in [3.05, 3.63) is 72.8 Å². The molecule has 0 amide bonds. The fraction of sp³-hybridized carbons (Fsp3) is 0. The van der Waals surface area contributed by atoms with Gasteiger partial charge in [0.05, 0.1) is 0 Å². The lowest BCUT2D eigenvalue weighted by molar-refractivity contribution is 0.648. The SMILES string of the molecule is O[P@](Cl)c1ccc2ccccc2c1-c1c([P@](O)Cl)ccc2ccccc12. The van der Waals surface area contributed by atoms with Gasteiger partial charge in [0.25, 0.3) is 0 Å². The van der Waals surface area contributed by atoms with E-state index in [2.05, 4.69) is 0 Å². The predicted molar refractivity (Wildman–Crippen MR) is 116 cm³/mol. The van der Waals surface area contributed by atoms with Crippen molar-refractivity contribution in [3.8, 4) is 11.1 Å². The van der Waals surface area contributed by atoms with Crippen molar-refractivity contribution in [1.29, 1.82) is 0 Å². The summed E-state index contributed by atoms with van der Waals surface area (Å²) in [4.78, 5) is 20.5. The number of fused-ring (bicyclic) bond motifs is 2. The molecule has 4 rings (SSSR count). The summed E-state index contributed by atoms with van der Waals surface area (Å²) in [7, 11) is -3.69. The standard InChI is InChI=1S/C20H14Cl2O2P2/c21-25(23)17-11-9-13-5-1-3-7-15(13)19(17)20-16-8-4-2-6-14(16)10-12-18(20)26(22)24/h1-12,23-24H/t25-,26-/m0/s1. The van der Waals surface area contributed by atoms with Gasteiger partial charge in [0.15, 0.2) is 15.0 Å². The van der Waals surface area contributed by atoms with Crippen LogP contribution in [0.25, 0.3) is 32.7 Å². The Morgan fingerprint density at radius 1 is 0.538 bits per heavy atom. The van der Waals surface area contributed by atoms with Crippen LogP contribution < -0.4 is 10.6 Å². The Balaban J connectivity index is 2.23. The van der Waals surface area contributed by atoms with Crippen LogP contribution in [-0.2, 0) is 0 Å². The largest absolute Gasteiger partial charge is 0.356 e. The predicted octanol–water partition coefficient (Wildman–Crippen LogP) is 6.00. The fourth-order valence-electron chi connectivity index (χ4n) is 3.35. The van der Waals surface area contributed by atoms with Gasteiger partial charge in [-0.3, -0.25) is 0 Å². The molecule has 0 aliphatic carbocycles. The molecule has 2 nitrogen and oxygen atoms in total. The highest BCUT2D eigenvalue weighted by Gasteiger charge is 2.22. The van der Waals surface area contributed by atoms with E-state index >= 15 is 0 Å². The second kappa shape index (κ2) is 7.41. The highest BCUT2D eigenvalue weighted by atomic mass is 35.7. The lowest BCUT2D eigenvalue weighted by Crippen LogP contribution is -2.11. The minimum Gasteiger partial charge on any atom is -0.356 e. The van der Waals surface area contributed by atoms with E-state index in [1.54, 1.807) is 0 Å². The molecule has 6 heteroatoms. The molecule has 0 fully saturated rings. The zero-order chi connectivity index (χ0) is 18.3. The molecule has 26 heavy (non-hydrogen) atoms. The van der Waals surface area contributed by atoms with Crippen LogP contribution in [0.1, 0.15) is 0 Å². The van der Waals surface area contributed by atoms with Gasteiger partial charge >= 0.3 is 0 Å². The Hall–Kier alpha value is -1.24. The van der Waals surface area contributed by atoms with E-state index in [1.165, 1.54) is 0 Å². The summed E-state index contributed by atoms with van der Waals surface area (Å²) < 4.78 is 0. The van der Waals surface area contributed by atoms with E-state index in [9.17, 15) is 9.79 Å². The van der Waals surface area contributed by atoms with Crippen LogP contribution in [0.5, 0.6) is 0 Å².